The van der Waals surface area contributed by atoms with Crippen molar-refractivity contribution in [3.05, 3.63) is 34.9 Å². The molecule has 24 heavy (non-hydrogen) atoms. The van der Waals surface area contributed by atoms with Gasteiger partial charge in [0.1, 0.15) is 5.78 Å². The number of carbonyl (C=O) groups is 1. The Morgan fingerprint density at radius 3 is 1.46 bits per heavy atom. The summed E-state index contributed by atoms with van der Waals surface area (Å²) >= 11 is 0. The Morgan fingerprint density at radius 2 is 1.25 bits per heavy atom. The Bertz CT molecular complexity index is 358. The lowest BCUT2D eigenvalue weighted by Gasteiger charge is -2.01. The van der Waals surface area contributed by atoms with Crippen LogP contribution >= 0.6 is 0 Å². The first-order valence-corrected chi connectivity index (χ1v) is 9.81. The van der Waals surface area contributed by atoms with Gasteiger partial charge in [-0.2, -0.15) is 0 Å². The largest absolute Gasteiger partial charge is 0.300 e. The SMILES string of the molecule is CC.CC.CC(C)=O.CCC(C)CC.CCc1ccc(C)c(C)c1. The summed E-state index contributed by atoms with van der Waals surface area (Å²) in [5.41, 5.74) is 4.22. The summed E-state index contributed by atoms with van der Waals surface area (Å²) in [5, 5.41) is 0. The lowest BCUT2D eigenvalue weighted by molar-refractivity contribution is -0.114. The highest BCUT2D eigenvalue weighted by molar-refractivity contribution is 5.72. The standard InChI is InChI=1S/C10H14.C6H14.C3H6O.2C2H6/c1-4-10-6-5-8(2)9(3)7-10;1-4-6(3)5-2;1-3(2)4;2*1-2/h5-7H,4H2,1-3H3;6H,4-5H2,1-3H3;1-2H3;2*1-2H3. The van der Waals surface area contributed by atoms with E-state index in [0.29, 0.717) is 0 Å². The maximum Gasteiger partial charge on any atom is 0.126 e. The van der Waals surface area contributed by atoms with Gasteiger partial charge in [-0.05, 0) is 56.7 Å². The monoisotopic (exact) mass is 338 g/mol. The van der Waals surface area contributed by atoms with Crippen molar-refractivity contribution >= 4 is 5.78 Å². The third-order valence-electron chi connectivity index (χ3n) is 3.37. The first-order valence-electron chi connectivity index (χ1n) is 9.81. The highest BCUT2D eigenvalue weighted by Crippen LogP contribution is 2.09. The van der Waals surface area contributed by atoms with Crippen molar-refractivity contribution in [3.8, 4) is 0 Å². The molecule has 0 amide bonds. The number of carbonyl (C=O) groups excluding carboxylic acids is 1. The molecule has 0 heterocycles. The predicted molar refractivity (Wildman–Crippen MR) is 114 cm³/mol. The van der Waals surface area contributed by atoms with Crippen LogP contribution in [0.2, 0.25) is 0 Å². The van der Waals surface area contributed by atoms with Crippen molar-refractivity contribution in [3.63, 3.8) is 0 Å². The highest BCUT2D eigenvalue weighted by Gasteiger charge is 1.92. The summed E-state index contributed by atoms with van der Waals surface area (Å²) in [6.07, 6.45) is 3.80. The van der Waals surface area contributed by atoms with E-state index < -0.39 is 0 Å². The third-order valence-corrected chi connectivity index (χ3v) is 3.37. The van der Waals surface area contributed by atoms with Gasteiger partial charge in [-0.15, -0.1) is 0 Å². The van der Waals surface area contributed by atoms with Gasteiger partial charge in [0, 0.05) is 0 Å². The van der Waals surface area contributed by atoms with Crippen molar-refractivity contribution in [1.29, 1.82) is 0 Å². The van der Waals surface area contributed by atoms with Crippen LogP contribution in [0.15, 0.2) is 18.2 Å². The normalized spacial score (nSPS) is 8.21. The molecule has 0 aromatic heterocycles. The molecule has 1 aromatic rings. The zero-order valence-corrected chi connectivity index (χ0v) is 18.8. The summed E-state index contributed by atoms with van der Waals surface area (Å²) in [6.45, 7) is 24.3. The van der Waals surface area contributed by atoms with E-state index >= 15 is 0 Å². The van der Waals surface area contributed by atoms with Crippen molar-refractivity contribution < 1.29 is 4.79 Å². The van der Waals surface area contributed by atoms with Crippen LogP contribution in [-0.4, -0.2) is 5.78 Å². The number of ketones is 1. The molecule has 0 saturated heterocycles. The molecule has 0 fully saturated rings. The van der Waals surface area contributed by atoms with Gasteiger partial charge < -0.3 is 4.79 Å². The van der Waals surface area contributed by atoms with Gasteiger partial charge >= 0.3 is 0 Å². The second-order valence-electron chi connectivity index (χ2n) is 5.60. The molecule has 1 nitrogen and oxygen atoms in total. The molecule has 0 spiro atoms. The van der Waals surface area contributed by atoms with E-state index in [1.807, 2.05) is 27.7 Å². The maximum absolute atomic E-state index is 9.44. The van der Waals surface area contributed by atoms with Crippen molar-refractivity contribution in [2.45, 2.75) is 102 Å². The van der Waals surface area contributed by atoms with E-state index in [9.17, 15) is 4.79 Å². The van der Waals surface area contributed by atoms with Crippen LogP contribution in [0.5, 0.6) is 0 Å². The molecule has 0 radical (unpaired) electrons. The molecule has 0 N–H and O–H groups in total. The molecule has 1 rings (SSSR count). The molecule has 0 unspecified atom stereocenters. The third kappa shape index (κ3) is 25.8. The van der Waals surface area contributed by atoms with Gasteiger partial charge in [0.05, 0.1) is 0 Å². The van der Waals surface area contributed by atoms with Crippen LogP contribution in [0.1, 0.15) is 98.8 Å². The number of aryl methyl sites for hydroxylation is 3. The Balaban J connectivity index is -0.000000123. The Labute approximate surface area is 154 Å². The van der Waals surface area contributed by atoms with Gasteiger partial charge in [0.2, 0.25) is 0 Å². The summed E-state index contributed by atoms with van der Waals surface area (Å²) in [6, 6.07) is 6.64. The lowest BCUT2D eigenvalue weighted by Crippen LogP contribution is -1.85. The van der Waals surface area contributed by atoms with Crippen LogP contribution in [-0.2, 0) is 11.2 Å². The minimum absolute atomic E-state index is 0.167. The number of benzene rings is 1. The zero-order valence-electron chi connectivity index (χ0n) is 18.8. The summed E-state index contributed by atoms with van der Waals surface area (Å²) < 4.78 is 0. The van der Waals surface area contributed by atoms with Gasteiger partial charge in [-0.3, -0.25) is 0 Å². The number of Topliss-reactive ketones (excluding diaryl/α,β-unsaturated/α-hetero) is 1. The van der Waals surface area contributed by atoms with Gasteiger partial charge in [0.15, 0.2) is 0 Å². The predicted octanol–water partition coefficient (Wildman–Crippen LogP) is 7.96. The first-order chi connectivity index (χ1) is 11.3. The quantitative estimate of drug-likeness (QED) is 0.546. The van der Waals surface area contributed by atoms with Gasteiger partial charge in [-0.25, -0.2) is 0 Å². The Kier molecular flexibility index (Phi) is 30.9. The molecular weight excluding hydrogens is 292 g/mol. The molecule has 144 valence electrons. The maximum atomic E-state index is 9.44. The van der Waals surface area contributed by atoms with Crippen LogP contribution in [0.25, 0.3) is 0 Å². The van der Waals surface area contributed by atoms with E-state index in [1.165, 1.54) is 43.4 Å². The topological polar surface area (TPSA) is 17.1 Å². The van der Waals surface area contributed by atoms with Crippen molar-refractivity contribution in [2.24, 2.45) is 5.92 Å². The average Bonchev–Trinajstić information content (AvgIpc) is 2.60. The Morgan fingerprint density at radius 1 is 0.875 bits per heavy atom. The fourth-order valence-electron chi connectivity index (χ4n) is 1.31. The van der Waals surface area contributed by atoms with Crippen LogP contribution in [0.4, 0.5) is 0 Å². The molecule has 0 bridgehead atoms. The number of hydrogen-bond donors (Lipinski definition) is 0. The van der Waals surface area contributed by atoms with Crippen LogP contribution < -0.4 is 0 Å². The van der Waals surface area contributed by atoms with Crippen LogP contribution in [0.3, 0.4) is 0 Å². The summed E-state index contributed by atoms with van der Waals surface area (Å²) in [7, 11) is 0. The van der Waals surface area contributed by atoms with E-state index in [1.54, 1.807) is 0 Å². The molecule has 0 aliphatic rings. The minimum atomic E-state index is 0.167. The molecular formula is C23H46O. The fourth-order valence-corrected chi connectivity index (χ4v) is 1.31. The molecule has 0 atom stereocenters. The van der Waals surface area contributed by atoms with Crippen LogP contribution in [0, 0.1) is 19.8 Å². The molecule has 0 aliphatic heterocycles. The molecule has 1 heteroatoms. The van der Waals surface area contributed by atoms with E-state index in [2.05, 4.69) is 59.7 Å². The second kappa shape index (κ2) is 24.1. The fraction of sp³-hybridized carbons (Fsp3) is 0.696. The van der Waals surface area contributed by atoms with Crippen molar-refractivity contribution in [1.82, 2.24) is 0 Å². The second-order valence-corrected chi connectivity index (χ2v) is 5.60. The summed E-state index contributed by atoms with van der Waals surface area (Å²) in [5.74, 6) is 1.10. The average molecular weight is 339 g/mol. The smallest absolute Gasteiger partial charge is 0.126 e. The summed E-state index contributed by atoms with van der Waals surface area (Å²) in [4.78, 5) is 9.44. The van der Waals surface area contributed by atoms with Gasteiger partial charge in [-0.1, -0.05) is 86.4 Å². The van der Waals surface area contributed by atoms with E-state index in [0.717, 1.165) is 12.3 Å². The molecule has 1 aromatic carbocycles. The number of rotatable bonds is 3. The zero-order chi connectivity index (χ0) is 20.1. The lowest BCUT2D eigenvalue weighted by atomic mass is 10.1. The first kappa shape index (κ1) is 30.7. The number of hydrogen-bond acceptors (Lipinski definition) is 1. The molecule has 0 aliphatic carbocycles. The highest BCUT2D eigenvalue weighted by atomic mass is 16.1. The van der Waals surface area contributed by atoms with E-state index in [-0.39, 0.29) is 5.78 Å². The minimum Gasteiger partial charge on any atom is -0.300 e. The molecule has 0 saturated carbocycles. The van der Waals surface area contributed by atoms with E-state index in [4.69, 9.17) is 0 Å². The van der Waals surface area contributed by atoms with Gasteiger partial charge in [0.25, 0.3) is 0 Å². The Hall–Kier alpha value is -1.11. The van der Waals surface area contributed by atoms with Crippen molar-refractivity contribution in [2.75, 3.05) is 0 Å².